The molecular weight excluding hydrogens is 274 g/mol. The van der Waals surface area contributed by atoms with Crippen molar-refractivity contribution in [1.82, 2.24) is 5.32 Å². The lowest BCUT2D eigenvalue weighted by Crippen LogP contribution is -2.32. The smallest absolute Gasteiger partial charge is 0.408 e. The molecule has 0 aliphatic heterocycles. The summed E-state index contributed by atoms with van der Waals surface area (Å²) in [5, 5.41) is 20.7. The molecule has 0 radical (unpaired) electrons. The molecule has 0 bridgehead atoms. The maximum Gasteiger partial charge on any atom is 0.408 e. The monoisotopic (exact) mass is 291 g/mol. The Labute approximate surface area is 122 Å². The van der Waals surface area contributed by atoms with Crippen molar-refractivity contribution >= 4 is 12.1 Å². The number of amides is 1. The van der Waals surface area contributed by atoms with Gasteiger partial charge in [0.05, 0.1) is 6.54 Å². The third kappa shape index (κ3) is 5.87. The van der Waals surface area contributed by atoms with Crippen molar-refractivity contribution in [2.75, 3.05) is 6.54 Å². The topological polar surface area (TPSA) is 95.9 Å². The minimum Gasteiger partial charge on any atom is -0.507 e. The van der Waals surface area contributed by atoms with Crippen molar-refractivity contribution in [3.05, 3.63) is 29.3 Å². The summed E-state index contributed by atoms with van der Waals surface area (Å²) >= 11 is 0. The molecule has 1 amide bonds. The summed E-state index contributed by atoms with van der Waals surface area (Å²) in [6.07, 6.45) is -0.575. The molecule has 0 unspecified atom stereocenters. The van der Waals surface area contributed by atoms with Crippen LogP contribution in [0.4, 0.5) is 4.79 Å². The Balaban J connectivity index is 2.62. The molecule has 3 N–H and O–H groups in total. The van der Waals surface area contributed by atoms with Crippen LogP contribution in [0, 0.1) is 11.8 Å². The molecule has 1 rings (SSSR count). The highest BCUT2D eigenvalue weighted by Gasteiger charge is 2.15. The molecule has 112 valence electrons. The second-order valence-electron chi connectivity index (χ2n) is 5.19. The molecule has 0 aromatic heterocycles. The summed E-state index contributed by atoms with van der Waals surface area (Å²) in [6, 6.07) is 4.01. The first kappa shape index (κ1) is 16.4. The van der Waals surface area contributed by atoms with Gasteiger partial charge in [0.2, 0.25) is 0 Å². The van der Waals surface area contributed by atoms with Gasteiger partial charge in [-0.1, -0.05) is 11.8 Å². The Hall–Kier alpha value is -2.68. The van der Waals surface area contributed by atoms with E-state index in [4.69, 9.17) is 9.84 Å². The van der Waals surface area contributed by atoms with Gasteiger partial charge in [0.15, 0.2) is 0 Å². The van der Waals surface area contributed by atoms with E-state index in [-0.39, 0.29) is 17.9 Å². The summed E-state index contributed by atoms with van der Waals surface area (Å²) in [4.78, 5) is 22.2. The molecule has 1 aromatic carbocycles. The summed E-state index contributed by atoms with van der Waals surface area (Å²) in [6.45, 7) is 5.32. The number of alkyl carbamates (subject to hydrolysis) is 1. The van der Waals surface area contributed by atoms with Gasteiger partial charge in [0, 0.05) is 5.56 Å². The number of hydrogen-bond acceptors (Lipinski definition) is 4. The van der Waals surface area contributed by atoms with Gasteiger partial charge >= 0.3 is 12.1 Å². The molecule has 0 atom stereocenters. The van der Waals surface area contributed by atoms with Crippen LogP contribution in [0.2, 0.25) is 0 Å². The predicted octanol–water partition coefficient (Wildman–Crippen LogP) is 1.97. The zero-order valence-corrected chi connectivity index (χ0v) is 12.1. The van der Waals surface area contributed by atoms with E-state index in [2.05, 4.69) is 17.2 Å². The van der Waals surface area contributed by atoms with E-state index in [0.29, 0.717) is 5.56 Å². The van der Waals surface area contributed by atoms with Crippen LogP contribution >= 0.6 is 0 Å². The maximum absolute atomic E-state index is 11.3. The highest BCUT2D eigenvalue weighted by Crippen LogP contribution is 2.17. The van der Waals surface area contributed by atoms with Crippen LogP contribution in [-0.4, -0.2) is 34.4 Å². The molecule has 0 aliphatic rings. The summed E-state index contributed by atoms with van der Waals surface area (Å²) in [7, 11) is 0. The number of rotatable bonds is 2. The summed E-state index contributed by atoms with van der Waals surface area (Å²) < 4.78 is 5.03. The van der Waals surface area contributed by atoms with Crippen LogP contribution in [0.1, 0.15) is 36.7 Å². The fraction of sp³-hybridized carbons (Fsp3) is 0.333. The molecule has 0 heterocycles. The quantitative estimate of drug-likeness (QED) is 0.724. The van der Waals surface area contributed by atoms with Gasteiger partial charge in [0.1, 0.15) is 16.9 Å². The molecule has 6 heteroatoms. The lowest BCUT2D eigenvalue weighted by atomic mass is 10.1. The Morgan fingerprint density at radius 2 is 2.00 bits per heavy atom. The molecule has 0 aliphatic carbocycles. The number of carboxylic acid groups (broad SMARTS) is 1. The number of hydrogen-bond donors (Lipinski definition) is 3. The number of benzene rings is 1. The molecule has 6 nitrogen and oxygen atoms in total. The Morgan fingerprint density at radius 1 is 1.33 bits per heavy atom. The molecular formula is C15H17NO5. The first-order valence-corrected chi connectivity index (χ1v) is 6.21. The van der Waals surface area contributed by atoms with Crippen molar-refractivity contribution in [3.63, 3.8) is 0 Å². The van der Waals surface area contributed by atoms with E-state index in [1.165, 1.54) is 18.2 Å². The lowest BCUT2D eigenvalue weighted by Gasteiger charge is -2.18. The van der Waals surface area contributed by atoms with Gasteiger partial charge in [-0.2, -0.15) is 0 Å². The van der Waals surface area contributed by atoms with Gasteiger partial charge < -0.3 is 20.3 Å². The van der Waals surface area contributed by atoms with Gasteiger partial charge in [-0.25, -0.2) is 9.59 Å². The van der Waals surface area contributed by atoms with E-state index in [9.17, 15) is 14.7 Å². The molecule has 1 aromatic rings. The van der Waals surface area contributed by atoms with E-state index >= 15 is 0 Å². The largest absolute Gasteiger partial charge is 0.507 e. The molecule has 0 saturated heterocycles. The fourth-order valence-corrected chi connectivity index (χ4v) is 1.36. The van der Waals surface area contributed by atoms with E-state index in [1.54, 1.807) is 20.8 Å². The number of carbonyl (C=O) groups is 2. The molecule has 0 fully saturated rings. The highest BCUT2D eigenvalue weighted by molar-refractivity contribution is 5.91. The molecule has 0 saturated carbocycles. The van der Waals surface area contributed by atoms with E-state index in [0.717, 1.165) is 0 Å². The normalized spacial score (nSPS) is 10.2. The van der Waals surface area contributed by atoms with Gasteiger partial charge in [0.25, 0.3) is 0 Å². The van der Waals surface area contributed by atoms with Crippen LogP contribution in [0.3, 0.4) is 0 Å². The minimum absolute atomic E-state index is 0.0677. The predicted molar refractivity (Wildman–Crippen MR) is 76.2 cm³/mol. The number of carbonyl (C=O) groups excluding carboxylic acids is 1. The molecule has 0 spiro atoms. The number of aromatic carboxylic acids is 1. The average molecular weight is 291 g/mol. The van der Waals surface area contributed by atoms with Crippen molar-refractivity contribution in [3.8, 4) is 17.6 Å². The lowest BCUT2D eigenvalue weighted by molar-refractivity contribution is 0.0534. The number of carboxylic acids is 1. The second kappa shape index (κ2) is 6.66. The van der Waals surface area contributed by atoms with Crippen LogP contribution in [0.25, 0.3) is 0 Å². The number of nitrogens with one attached hydrogen (secondary N) is 1. The zero-order chi connectivity index (χ0) is 16.0. The van der Waals surface area contributed by atoms with Crippen molar-refractivity contribution in [2.24, 2.45) is 0 Å². The van der Waals surface area contributed by atoms with E-state index < -0.39 is 17.7 Å². The molecule has 21 heavy (non-hydrogen) atoms. The van der Waals surface area contributed by atoms with Gasteiger partial charge in [-0.15, -0.1) is 0 Å². The number of aromatic hydroxyl groups is 1. The van der Waals surface area contributed by atoms with Gasteiger partial charge in [-0.3, -0.25) is 0 Å². The van der Waals surface area contributed by atoms with Crippen LogP contribution in [-0.2, 0) is 4.74 Å². The van der Waals surface area contributed by atoms with Crippen LogP contribution < -0.4 is 5.32 Å². The van der Waals surface area contributed by atoms with E-state index in [1.807, 2.05) is 0 Å². The Kier molecular flexibility index (Phi) is 5.19. The summed E-state index contributed by atoms with van der Waals surface area (Å²) in [5.41, 5.74) is -0.372. The first-order valence-electron chi connectivity index (χ1n) is 6.21. The standard InChI is InChI=1S/C15H17NO5/c1-15(2,3)21-14(20)16-8-4-5-10-6-7-12(17)11(9-10)13(18)19/h6-7,9,17H,8H2,1-3H3,(H,16,20)(H,18,19). The third-order valence-electron chi connectivity index (χ3n) is 2.18. The van der Waals surface area contributed by atoms with Crippen LogP contribution in [0.15, 0.2) is 18.2 Å². The minimum atomic E-state index is -1.23. The number of ether oxygens (including phenoxy) is 1. The van der Waals surface area contributed by atoms with Crippen molar-refractivity contribution in [1.29, 1.82) is 0 Å². The summed E-state index contributed by atoms with van der Waals surface area (Å²) in [5.74, 6) is 3.81. The SMILES string of the molecule is CC(C)(C)OC(=O)NCC#Cc1ccc(O)c(C(=O)O)c1. The second-order valence-corrected chi connectivity index (χ2v) is 5.19. The maximum atomic E-state index is 11.3. The first-order chi connectivity index (χ1) is 9.69. The van der Waals surface area contributed by atoms with Gasteiger partial charge in [-0.05, 0) is 39.0 Å². The Bertz CT molecular complexity index is 605. The van der Waals surface area contributed by atoms with Crippen molar-refractivity contribution < 1.29 is 24.5 Å². The zero-order valence-electron chi connectivity index (χ0n) is 12.1. The number of phenols is 1. The van der Waals surface area contributed by atoms with Crippen molar-refractivity contribution in [2.45, 2.75) is 26.4 Å². The Morgan fingerprint density at radius 3 is 2.57 bits per heavy atom. The van der Waals surface area contributed by atoms with Crippen LogP contribution in [0.5, 0.6) is 5.75 Å². The highest BCUT2D eigenvalue weighted by atomic mass is 16.6. The average Bonchev–Trinajstić information content (AvgIpc) is 2.34. The fourth-order valence-electron chi connectivity index (χ4n) is 1.36. The third-order valence-corrected chi connectivity index (χ3v) is 2.18.